The largest absolute Gasteiger partial charge is 0.356 e. The Morgan fingerprint density at radius 2 is 1.64 bits per heavy atom. The van der Waals surface area contributed by atoms with Crippen LogP contribution in [0.4, 0.5) is 10.1 Å². The predicted octanol–water partition coefficient (Wildman–Crippen LogP) is 3.15. The van der Waals surface area contributed by atoms with Crippen molar-refractivity contribution in [3.05, 3.63) is 66.0 Å². The molecular weight excluding hydrogens is 319 g/mol. The third-order valence-electron chi connectivity index (χ3n) is 4.38. The molecule has 0 aromatic heterocycles. The third kappa shape index (κ3) is 4.66. The molecule has 2 unspecified atom stereocenters. The van der Waals surface area contributed by atoms with Crippen molar-refractivity contribution in [3.63, 3.8) is 0 Å². The highest BCUT2D eigenvalue weighted by Crippen LogP contribution is 2.39. The van der Waals surface area contributed by atoms with Crippen LogP contribution >= 0.6 is 0 Å². The summed E-state index contributed by atoms with van der Waals surface area (Å²) in [5.41, 5.74) is 1.40. The first-order chi connectivity index (χ1) is 12.1. The Morgan fingerprint density at radius 3 is 2.40 bits per heavy atom. The van der Waals surface area contributed by atoms with Gasteiger partial charge in [0.1, 0.15) is 5.82 Å². The van der Waals surface area contributed by atoms with Crippen LogP contribution in [0.5, 0.6) is 0 Å². The lowest BCUT2D eigenvalue weighted by atomic mass is 10.1. The van der Waals surface area contributed by atoms with Crippen LogP contribution in [-0.4, -0.2) is 18.4 Å². The molecule has 1 saturated carbocycles. The first-order valence-corrected chi connectivity index (χ1v) is 8.52. The van der Waals surface area contributed by atoms with Gasteiger partial charge in [0.05, 0.1) is 17.5 Å². The number of carbonyl (C=O) groups is 2. The number of amides is 2. The van der Waals surface area contributed by atoms with Gasteiger partial charge in [0.2, 0.25) is 11.8 Å². The minimum absolute atomic E-state index is 0.0956. The number of halogens is 1. The van der Waals surface area contributed by atoms with Gasteiger partial charge >= 0.3 is 0 Å². The fraction of sp³-hybridized carbons (Fsp3) is 0.300. The molecule has 0 aliphatic heterocycles. The number of hydrogen-bond donors (Lipinski definition) is 2. The molecule has 2 amide bonds. The number of para-hydroxylation sites is 1. The normalized spacial score (nSPS) is 18.4. The zero-order chi connectivity index (χ0) is 17.6. The summed E-state index contributed by atoms with van der Waals surface area (Å²) >= 11 is 0. The minimum Gasteiger partial charge on any atom is -0.356 e. The molecule has 25 heavy (non-hydrogen) atoms. The third-order valence-corrected chi connectivity index (χ3v) is 4.38. The quantitative estimate of drug-likeness (QED) is 0.761. The molecule has 0 spiro atoms. The summed E-state index contributed by atoms with van der Waals surface area (Å²) in [7, 11) is 0. The van der Waals surface area contributed by atoms with Gasteiger partial charge in [-0.05, 0) is 37.0 Å². The van der Waals surface area contributed by atoms with Crippen LogP contribution in [0.15, 0.2) is 54.6 Å². The highest BCUT2D eigenvalue weighted by molar-refractivity contribution is 5.99. The first-order valence-electron chi connectivity index (χ1n) is 8.52. The van der Waals surface area contributed by atoms with E-state index < -0.39 is 5.82 Å². The second-order valence-electron chi connectivity index (χ2n) is 6.30. The number of nitrogens with one attached hydrogen (secondary N) is 2. The lowest BCUT2D eigenvalue weighted by Crippen LogP contribution is -2.28. The van der Waals surface area contributed by atoms with Crippen LogP contribution in [0.2, 0.25) is 0 Å². The summed E-state index contributed by atoms with van der Waals surface area (Å²) in [5, 5.41) is 5.43. The van der Waals surface area contributed by atoms with Crippen molar-refractivity contribution in [2.45, 2.75) is 19.3 Å². The second kappa shape index (κ2) is 7.92. The molecule has 2 aromatic rings. The minimum atomic E-state index is -0.474. The molecule has 130 valence electrons. The van der Waals surface area contributed by atoms with Gasteiger partial charge in [-0.3, -0.25) is 9.59 Å². The SMILES string of the molecule is O=C(NCCCc1ccccc1)C1CC1C(=O)Nc1ccccc1F. The van der Waals surface area contributed by atoms with Crippen molar-refractivity contribution >= 4 is 17.5 Å². The molecule has 0 radical (unpaired) electrons. The summed E-state index contributed by atoms with van der Waals surface area (Å²) in [4.78, 5) is 24.2. The van der Waals surface area contributed by atoms with Crippen LogP contribution in [0.3, 0.4) is 0 Å². The molecule has 0 bridgehead atoms. The first kappa shape index (κ1) is 17.1. The average molecular weight is 340 g/mol. The van der Waals surface area contributed by atoms with Crippen molar-refractivity contribution in [3.8, 4) is 0 Å². The predicted molar refractivity (Wildman–Crippen MR) is 94.4 cm³/mol. The maximum Gasteiger partial charge on any atom is 0.228 e. The molecule has 5 heteroatoms. The van der Waals surface area contributed by atoms with Gasteiger partial charge in [0.15, 0.2) is 0 Å². The molecule has 1 aliphatic rings. The van der Waals surface area contributed by atoms with E-state index in [1.165, 1.54) is 17.7 Å². The number of hydrogen-bond acceptors (Lipinski definition) is 2. The summed E-state index contributed by atoms with van der Waals surface area (Å²) in [6, 6.07) is 16.1. The lowest BCUT2D eigenvalue weighted by molar-refractivity contribution is -0.125. The van der Waals surface area contributed by atoms with Crippen LogP contribution in [0, 0.1) is 17.7 Å². The molecule has 1 aliphatic carbocycles. The zero-order valence-electron chi connectivity index (χ0n) is 13.9. The number of benzene rings is 2. The standard InChI is InChI=1S/C20H21FN2O2/c21-17-10-4-5-11-18(17)23-20(25)16-13-15(16)19(24)22-12-6-9-14-7-2-1-3-8-14/h1-5,7-8,10-11,15-16H,6,9,12-13H2,(H,22,24)(H,23,25). The van der Waals surface area contributed by atoms with E-state index in [0.29, 0.717) is 13.0 Å². The summed E-state index contributed by atoms with van der Waals surface area (Å²) in [6.07, 6.45) is 2.28. The molecule has 1 fully saturated rings. The van der Waals surface area contributed by atoms with Gasteiger partial charge in [-0.1, -0.05) is 42.5 Å². The number of rotatable bonds is 7. The Hall–Kier alpha value is -2.69. The summed E-state index contributed by atoms with van der Waals surface area (Å²) in [5.74, 6) is -1.54. The smallest absolute Gasteiger partial charge is 0.228 e. The Morgan fingerprint density at radius 1 is 0.960 bits per heavy atom. The maximum absolute atomic E-state index is 13.5. The summed E-state index contributed by atoms with van der Waals surface area (Å²) < 4.78 is 13.5. The molecule has 0 heterocycles. The molecule has 4 nitrogen and oxygen atoms in total. The van der Waals surface area contributed by atoms with E-state index in [0.717, 1.165) is 12.8 Å². The number of carbonyl (C=O) groups excluding carboxylic acids is 2. The monoisotopic (exact) mass is 340 g/mol. The van der Waals surface area contributed by atoms with Crippen LogP contribution in [0.25, 0.3) is 0 Å². The Bertz CT molecular complexity index is 748. The van der Waals surface area contributed by atoms with Gasteiger partial charge < -0.3 is 10.6 Å². The van der Waals surface area contributed by atoms with Gasteiger partial charge in [-0.2, -0.15) is 0 Å². The molecule has 2 atom stereocenters. The van der Waals surface area contributed by atoms with Gasteiger partial charge in [-0.15, -0.1) is 0 Å². The molecular formula is C20H21FN2O2. The highest BCUT2D eigenvalue weighted by Gasteiger charge is 2.47. The Kier molecular flexibility index (Phi) is 5.43. The fourth-order valence-electron chi connectivity index (χ4n) is 2.84. The zero-order valence-corrected chi connectivity index (χ0v) is 13.9. The molecule has 2 N–H and O–H groups in total. The Labute approximate surface area is 146 Å². The number of anilines is 1. The van der Waals surface area contributed by atoms with Gasteiger partial charge in [-0.25, -0.2) is 4.39 Å². The van der Waals surface area contributed by atoms with Crippen molar-refractivity contribution in [1.82, 2.24) is 5.32 Å². The Balaban J connectivity index is 1.38. The van der Waals surface area contributed by atoms with Crippen molar-refractivity contribution in [1.29, 1.82) is 0 Å². The van der Waals surface area contributed by atoms with E-state index in [1.54, 1.807) is 12.1 Å². The molecule has 0 saturated heterocycles. The van der Waals surface area contributed by atoms with Gasteiger partial charge in [0, 0.05) is 6.54 Å². The van der Waals surface area contributed by atoms with E-state index in [2.05, 4.69) is 22.8 Å². The lowest BCUT2D eigenvalue weighted by Gasteiger charge is -2.07. The fourth-order valence-corrected chi connectivity index (χ4v) is 2.84. The van der Waals surface area contributed by atoms with E-state index in [1.807, 2.05) is 18.2 Å². The maximum atomic E-state index is 13.5. The van der Waals surface area contributed by atoms with Crippen molar-refractivity contribution < 1.29 is 14.0 Å². The van der Waals surface area contributed by atoms with E-state index in [9.17, 15) is 14.0 Å². The molecule has 3 rings (SSSR count). The van der Waals surface area contributed by atoms with Crippen molar-refractivity contribution in [2.24, 2.45) is 11.8 Å². The van der Waals surface area contributed by atoms with E-state index in [-0.39, 0.29) is 29.3 Å². The second-order valence-corrected chi connectivity index (χ2v) is 6.30. The average Bonchev–Trinajstić information content (AvgIpc) is 3.42. The topological polar surface area (TPSA) is 58.2 Å². The van der Waals surface area contributed by atoms with Crippen LogP contribution < -0.4 is 10.6 Å². The highest BCUT2D eigenvalue weighted by atomic mass is 19.1. The van der Waals surface area contributed by atoms with Gasteiger partial charge in [0.25, 0.3) is 0 Å². The van der Waals surface area contributed by atoms with Crippen LogP contribution in [-0.2, 0) is 16.0 Å². The number of aryl methyl sites for hydroxylation is 1. The van der Waals surface area contributed by atoms with E-state index >= 15 is 0 Å². The van der Waals surface area contributed by atoms with E-state index in [4.69, 9.17) is 0 Å². The van der Waals surface area contributed by atoms with Crippen molar-refractivity contribution in [2.75, 3.05) is 11.9 Å². The van der Waals surface area contributed by atoms with Crippen LogP contribution in [0.1, 0.15) is 18.4 Å². The molecule has 2 aromatic carbocycles. The summed E-state index contributed by atoms with van der Waals surface area (Å²) in [6.45, 7) is 0.589.